The molecule has 0 bridgehead atoms. The quantitative estimate of drug-likeness (QED) is 0.360. The van der Waals surface area contributed by atoms with Crippen molar-refractivity contribution in [2.75, 3.05) is 11.9 Å². The zero-order chi connectivity index (χ0) is 18.2. The van der Waals surface area contributed by atoms with Crippen molar-refractivity contribution in [2.45, 2.75) is 27.2 Å². The summed E-state index contributed by atoms with van der Waals surface area (Å²) in [5.74, 6) is -0.968. The third-order valence-corrected chi connectivity index (χ3v) is 3.63. The van der Waals surface area contributed by atoms with E-state index in [0.29, 0.717) is 0 Å². The molecule has 0 saturated heterocycles. The van der Waals surface area contributed by atoms with E-state index >= 15 is 0 Å². The molecule has 1 heterocycles. The van der Waals surface area contributed by atoms with E-state index in [4.69, 9.17) is 4.74 Å². The first-order valence-corrected chi connectivity index (χ1v) is 8.25. The number of anilines is 1. The van der Waals surface area contributed by atoms with Crippen LogP contribution in [0.15, 0.2) is 54.4 Å². The van der Waals surface area contributed by atoms with Crippen molar-refractivity contribution in [3.8, 4) is 11.1 Å². The summed E-state index contributed by atoms with van der Waals surface area (Å²) in [6.45, 7) is 5.32. The normalized spacial score (nSPS) is 11.1. The van der Waals surface area contributed by atoms with Crippen LogP contribution in [0.3, 0.4) is 0 Å². The maximum absolute atomic E-state index is 11.8. The molecule has 0 saturated carbocycles. The van der Waals surface area contributed by atoms with Gasteiger partial charge in [0.05, 0.1) is 6.61 Å². The second kappa shape index (κ2) is 8.78. The van der Waals surface area contributed by atoms with E-state index in [-0.39, 0.29) is 18.0 Å². The van der Waals surface area contributed by atoms with Crippen LogP contribution < -0.4 is 5.32 Å². The van der Waals surface area contributed by atoms with Crippen molar-refractivity contribution in [3.63, 3.8) is 0 Å². The molecular formula is C20H22N2O3. The second-order valence-corrected chi connectivity index (χ2v) is 5.45. The Morgan fingerprint density at radius 2 is 1.92 bits per heavy atom. The maximum atomic E-state index is 11.8. The minimum absolute atomic E-state index is 0.00978. The fourth-order valence-electron chi connectivity index (χ4n) is 2.31. The highest BCUT2D eigenvalue weighted by Gasteiger charge is 2.15. The van der Waals surface area contributed by atoms with E-state index in [1.54, 1.807) is 13.1 Å². The minimum atomic E-state index is -0.625. The molecule has 0 aliphatic heterocycles. The van der Waals surface area contributed by atoms with E-state index < -0.39 is 5.97 Å². The largest absolute Gasteiger partial charge is 0.462 e. The van der Waals surface area contributed by atoms with Crippen LogP contribution in [0.25, 0.3) is 11.1 Å². The number of esters is 1. The number of hydrogen-bond acceptors (Lipinski definition) is 5. The Morgan fingerprint density at radius 1 is 1.16 bits per heavy atom. The Labute approximate surface area is 147 Å². The summed E-state index contributed by atoms with van der Waals surface area (Å²) in [6, 6.07) is 11.7. The van der Waals surface area contributed by atoms with Crippen LogP contribution in [0.2, 0.25) is 0 Å². The van der Waals surface area contributed by atoms with Crippen molar-refractivity contribution in [1.82, 2.24) is 4.98 Å². The van der Waals surface area contributed by atoms with Crippen LogP contribution in [-0.2, 0) is 20.7 Å². The average molecular weight is 338 g/mol. The van der Waals surface area contributed by atoms with E-state index in [9.17, 15) is 9.59 Å². The summed E-state index contributed by atoms with van der Waals surface area (Å²) in [4.78, 5) is 27.7. The van der Waals surface area contributed by atoms with Crippen LogP contribution in [0, 0.1) is 0 Å². The lowest BCUT2D eigenvalue weighted by Gasteiger charge is -2.08. The first-order chi connectivity index (χ1) is 12.0. The summed E-state index contributed by atoms with van der Waals surface area (Å²) >= 11 is 0. The Kier molecular flexibility index (Phi) is 6.46. The number of rotatable bonds is 7. The molecule has 1 N–H and O–H groups in total. The van der Waals surface area contributed by atoms with E-state index in [1.165, 1.54) is 13.1 Å². The molecule has 5 nitrogen and oxygen atoms in total. The van der Waals surface area contributed by atoms with Crippen molar-refractivity contribution >= 4 is 17.4 Å². The zero-order valence-corrected chi connectivity index (χ0v) is 14.7. The lowest BCUT2D eigenvalue weighted by Crippen LogP contribution is -2.15. The number of nitrogens with zero attached hydrogens (tertiary/aromatic N) is 1. The number of nitrogens with one attached hydrogen (secondary N) is 1. The lowest BCUT2D eigenvalue weighted by molar-refractivity contribution is -0.139. The Hall–Kier alpha value is -2.95. The summed E-state index contributed by atoms with van der Waals surface area (Å²) in [5.41, 5.74) is 3.88. The molecule has 0 aliphatic rings. The van der Waals surface area contributed by atoms with E-state index in [2.05, 4.69) is 23.3 Å². The summed E-state index contributed by atoms with van der Waals surface area (Å²) in [7, 11) is 0. The molecule has 1 aromatic heterocycles. The van der Waals surface area contributed by atoms with Gasteiger partial charge in [0.2, 0.25) is 0 Å². The topological polar surface area (TPSA) is 68.3 Å². The summed E-state index contributed by atoms with van der Waals surface area (Å²) in [5, 5.41) is 3.00. The number of Topliss-reactive ketones (excluding diaryl/α,β-unsaturated/α-hetero) is 1. The monoisotopic (exact) mass is 338 g/mol. The fourth-order valence-corrected chi connectivity index (χ4v) is 2.31. The van der Waals surface area contributed by atoms with Gasteiger partial charge >= 0.3 is 5.97 Å². The first-order valence-electron chi connectivity index (χ1n) is 8.25. The van der Waals surface area contributed by atoms with E-state index in [1.807, 2.05) is 30.3 Å². The van der Waals surface area contributed by atoms with Gasteiger partial charge in [-0.25, -0.2) is 4.79 Å². The molecule has 0 radical (unpaired) electrons. The smallest absolute Gasteiger partial charge is 0.343 e. The average Bonchev–Trinajstić information content (AvgIpc) is 2.62. The van der Waals surface area contributed by atoms with Crippen LogP contribution in [-0.4, -0.2) is 23.3 Å². The molecule has 130 valence electrons. The Morgan fingerprint density at radius 3 is 2.60 bits per heavy atom. The Balaban J connectivity index is 2.24. The van der Waals surface area contributed by atoms with Gasteiger partial charge in [-0.05, 0) is 55.7 Å². The van der Waals surface area contributed by atoms with Gasteiger partial charge < -0.3 is 10.1 Å². The zero-order valence-electron chi connectivity index (χ0n) is 14.7. The molecule has 0 atom stereocenters. The molecule has 0 amide bonds. The second-order valence-electron chi connectivity index (χ2n) is 5.45. The van der Waals surface area contributed by atoms with Crippen LogP contribution in [0.4, 0.5) is 5.69 Å². The number of benzene rings is 1. The lowest BCUT2D eigenvalue weighted by atomic mass is 10.0. The highest BCUT2D eigenvalue weighted by molar-refractivity contribution is 6.16. The van der Waals surface area contributed by atoms with Gasteiger partial charge in [0, 0.05) is 23.8 Å². The van der Waals surface area contributed by atoms with Gasteiger partial charge in [0.1, 0.15) is 5.57 Å². The van der Waals surface area contributed by atoms with Gasteiger partial charge in [-0.15, -0.1) is 0 Å². The predicted molar refractivity (Wildman–Crippen MR) is 98.1 cm³/mol. The van der Waals surface area contributed by atoms with Crippen LogP contribution >= 0.6 is 0 Å². The van der Waals surface area contributed by atoms with Gasteiger partial charge in [-0.1, -0.05) is 19.1 Å². The third-order valence-electron chi connectivity index (χ3n) is 3.63. The van der Waals surface area contributed by atoms with Gasteiger partial charge in [0.15, 0.2) is 5.78 Å². The fraction of sp³-hybridized carbons (Fsp3) is 0.250. The number of aromatic nitrogens is 1. The number of hydrogen-bond donors (Lipinski definition) is 1. The van der Waals surface area contributed by atoms with Gasteiger partial charge in [0.25, 0.3) is 0 Å². The summed E-state index contributed by atoms with van der Waals surface area (Å²) < 4.78 is 4.90. The van der Waals surface area contributed by atoms with Crippen molar-refractivity contribution in [3.05, 3.63) is 60.1 Å². The number of carbonyl (C=O) groups excluding carboxylic acids is 2. The van der Waals surface area contributed by atoms with Crippen LogP contribution in [0.5, 0.6) is 0 Å². The molecule has 0 unspecified atom stereocenters. The Bertz CT molecular complexity index is 797. The number of aryl methyl sites for hydroxylation is 1. The van der Waals surface area contributed by atoms with E-state index in [0.717, 1.165) is 28.9 Å². The number of ether oxygens (including phenoxy) is 1. The third kappa shape index (κ3) is 5.01. The first kappa shape index (κ1) is 18.4. The number of ketones is 1. The van der Waals surface area contributed by atoms with Crippen molar-refractivity contribution < 1.29 is 14.3 Å². The number of pyridine rings is 1. The SMILES string of the molecule is CCOC(=O)/C(=C\Nc1cccc(-c2ccnc(CC)c2)c1)C(C)=O. The predicted octanol–water partition coefficient (Wildman–Crippen LogP) is 3.76. The molecule has 2 rings (SSSR count). The van der Waals surface area contributed by atoms with Gasteiger partial charge in [-0.2, -0.15) is 0 Å². The maximum Gasteiger partial charge on any atom is 0.343 e. The van der Waals surface area contributed by atoms with Crippen molar-refractivity contribution in [1.29, 1.82) is 0 Å². The minimum Gasteiger partial charge on any atom is -0.462 e. The molecule has 1 aromatic carbocycles. The standard InChI is InChI=1S/C20H22N2O3/c1-4-17-11-16(9-10-21-17)15-7-6-8-18(12-15)22-13-19(14(3)23)20(24)25-5-2/h6-13,22H,4-5H2,1-3H3/b19-13-. The molecule has 0 fully saturated rings. The molecule has 0 spiro atoms. The molecule has 0 aliphatic carbocycles. The molecule has 2 aromatic rings. The molecule has 5 heteroatoms. The van der Waals surface area contributed by atoms with Crippen molar-refractivity contribution in [2.24, 2.45) is 0 Å². The summed E-state index contributed by atoms with van der Waals surface area (Å²) in [6.07, 6.45) is 4.06. The highest BCUT2D eigenvalue weighted by Crippen LogP contribution is 2.23. The van der Waals surface area contributed by atoms with Crippen LogP contribution in [0.1, 0.15) is 26.5 Å². The highest BCUT2D eigenvalue weighted by atomic mass is 16.5. The number of carbonyl (C=O) groups is 2. The molecule has 25 heavy (non-hydrogen) atoms. The molecular weight excluding hydrogens is 316 g/mol. The van der Waals surface area contributed by atoms with Gasteiger partial charge in [-0.3, -0.25) is 9.78 Å².